The van der Waals surface area contributed by atoms with E-state index in [1.807, 2.05) is 36.4 Å². The van der Waals surface area contributed by atoms with E-state index in [1.54, 1.807) is 13.3 Å². The Kier molecular flexibility index (Phi) is 2.00. The summed E-state index contributed by atoms with van der Waals surface area (Å²) in [6, 6.07) is 11.9. The maximum absolute atomic E-state index is 4.92. The van der Waals surface area contributed by atoms with Crippen LogP contribution >= 0.6 is 0 Å². The third kappa shape index (κ3) is 1.54. The molecule has 0 bridgehead atoms. The summed E-state index contributed by atoms with van der Waals surface area (Å²) in [5.41, 5.74) is 2.01. The zero-order valence-corrected chi connectivity index (χ0v) is 7.34. The molecular weight excluding hydrogens is 164 g/mol. The Balaban J connectivity index is 2.36. The van der Waals surface area contributed by atoms with Crippen LogP contribution in [-0.2, 0) is 0 Å². The molecule has 2 rings (SSSR count). The molecule has 1 heterocycles. The minimum atomic E-state index is 0.919. The van der Waals surface area contributed by atoms with Crippen molar-refractivity contribution in [2.75, 3.05) is 7.11 Å². The van der Waals surface area contributed by atoms with Crippen molar-refractivity contribution in [3.63, 3.8) is 0 Å². The SMILES string of the molecule is COn1ccc(-c2ccccc2)n1. The van der Waals surface area contributed by atoms with Crippen molar-refractivity contribution in [2.45, 2.75) is 0 Å². The Morgan fingerprint density at radius 1 is 1.15 bits per heavy atom. The van der Waals surface area contributed by atoms with E-state index in [9.17, 15) is 0 Å². The summed E-state index contributed by atoms with van der Waals surface area (Å²) < 4.78 is 0. The molecular formula is C10H10N2O. The molecule has 1 aromatic heterocycles. The third-order valence-corrected chi connectivity index (χ3v) is 1.82. The van der Waals surface area contributed by atoms with Gasteiger partial charge in [-0.15, -0.1) is 9.94 Å². The monoisotopic (exact) mass is 174 g/mol. The Hall–Kier alpha value is -1.77. The molecule has 0 aliphatic carbocycles. The molecule has 0 amide bonds. The zero-order chi connectivity index (χ0) is 9.10. The molecule has 1 aromatic carbocycles. The lowest BCUT2D eigenvalue weighted by Crippen LogP contribution is -2.05. The van der Waals surface area contributed by atoms with Crippen LogP contribution in [0.1, 0.15) is 0 Å². The van der Waals surface area contributed by atoms with Crippen LogP contribution in [0.4, 0.5) is 0 Å². The number of rotatable bonds is 2. The van der Waals surface area contributed by atoms with Crippen LogP contribution in [0, 0.1) is 0 Å². The number of aromatic nitrogens is 2. The Bertz CT molecular complexity index is 381. The normalized spacial score (nSPS) is 9.92. The van der Waals surface area contributed by atoms with Crippen molar-refractivity contribution < 1.29 is 4.84 Å². The smallest absolute Gasteiger partial charge is 0.106 e. The van der Waals surface area contributed by atoms with E-state index in [0.29, 0.717) is 0 Å². The van der Waals surface area contributed by atoms with Crippen molar-refractivity contribution >= 4 is 0 Å². The van der Waals surface area contributed by atoms with Gasteiger partial charge in [-0.05, 0) is 6.07 Å². The molecule has 0 radical (unpaired) electrons. The van der Waals surface area contributed by atoms with Crippen LogP contribution in [0.3, 0.4) is 0 Å². The van der Waals surface area contributed by atoms with Gasteiger partial charge in [0.1, 0.15) is 7.11 Å². The lowest BCUT2D eigenvalue weighted by molar-refractivity contribution is 0.134. The van der Waals surface area contributed by atoms with E-state index in [1.165, 1.54) is 4.85 Å². The standard InChI is InChI=1S/C10H10N2O/c1-13-12-8-7-10(11-12)9-5-3-2-4-6-9/h2-8H,1H3. The quantitative estimate of drug-likeness (QED) is 0.691. The van der Waals surface area contributed by atoms with Crippen LogP contribution in [0.5, 0.6) is 0 Å². The summed E-state index contributed by atoms with van der Waals surface area (Å²) >= 11 is 0. The van der Waals surface area contributed by atoms with Gasteiger partial charge in [-0.1, -0.05) is 30.3 Å². The highest BCUT2D eigenvalue weighted by Crippen LogP contribution is 2.14. The third-order valence-electron chi connectivity index (χ3n) is 1.82. The average Bonchev–Trinajstić information content (AvgIpc) is 2.67. The van der Waals surface area contributed by atoms with E-state index < -0.39 is 0 Å². The van der Waals surface area contributed by atoms with E-state index in [2.05, 4.69) is 5.10 Å². The van der Waals surface area contributed by atoms with Gasteiger partial charge in [0.2, 0.25) is 0 Å². The highest BCUT2D eigenvalue weighted by Gasteiger charge is 1.99. The van der Waals surface area contributed by atoms with Gasteiger partial charge in [0.15, 0.2) is 0 Å². The van der Waals surface area contributed by atoms with E-state index in [0.717, 1.165) is 11.3 Å². The van der Waals surface area contributed by atoms with Crippen molar-refractivity contribution in [1.29, 1.82) is 0 Å². The first kappa shape index (κ1) is 7.86. The predicted octanol–water partition coefficient (Wildman–Crippen LogP) is 1.61. The van der Waals surface area contributed by atoms with Gasteiger partial charge in [-0.2, -0.15) is 0 Å². The van der Waals surface area contributed by atoms with Crippen LogP contribution in [0.15, 0.2) is 42.6 Å². The first-order chi connectivity index (χ1) is 6.40. The Labute approximate surface area is 76.5 Å². The molecule has 0 unspecified atom stereocenters. The molecule has 3 heteroatoms. The van der Waals surface area contributed by atoms with Crippen LogP contribution in [0.25, 0.3) is 11.3 Å². The molecule has 0 spiro atoms. The number of benzene rings is 1. The molecule has 2 aromatic rings. The molecule has 0 saturated heterocycles. The summed E-state index contributed by atoms with van der Waals surface area (Å²) in [5.74, 6) is 0. The second-order valence-electron chi connectivity index (χ2n) is 2.65. The van der Waals surface area contributed by atoms with Crippen molar-refractivity contribution in [3.05, 3.63) is 42.6 Å². The molecule has 0 atom stereocenters. The first-order valence-electron chi connectivity index (χ1n) is 4.06. The minimum absolute atomic E-state index is 0.919. The molecule has 0 N–H and O–H groups in total. The summed E-state index contributed by atoms with van der Waals surface area (Å²) in [6.07, 6.45) is 1.78. The highest BCUT2D eigenvalue weighted by atomic mass is 16.7. The molecule has 0 saturated carbocycles. The fraction of sp³-hybridized carbons (Fsp3) is 0.100. The molecule has 3 nitrogen and oxygen atoms in total. The summed E-state index contributed by atoms with van der Waals surface area (Å²) in [5, 5.41) is 4.19. The fourth-order valence-corrected chi connectivity index (χ4v) is 1.17. The van der Waals surface area contributed by atoms with Crippen LogP contribution in [-0.4, -0.2) is 17.1 Å². The average molecular weight is 174 g/mol. The summed E-state index contributed by atoms with van der Waals surface area (Å²) in [7, 11) is 1.59. The second kappa shape index (κ2) is 3.31. The minimum Gasteiger partial charge on any atom is -0.400 e. The zero-order valence-electron chi connectivity index (χ0n) is 7.34. The summed E-state index contributed by atoms with van der Waals surface area (Å²) in [6.45, 7) is 0. The number of nitrogens with zero attached hydrogens (tertiary/aromatic N) is 2. The Morgan fingerprint density at radius 2 is 1.92 bits per heavy atom. The van der Waals surface area contributed by atoms with E-state index in [-0.39, 0.29) is 0 Å². The van der Waals surface area contributed by atoms with Gasteiger partial charge in [-0.3, -0.25) is 0 Å². The van der Waals surface area contributed by atoms with Gasteiger partial charge in [0, 0.05) is 5.56 Å². The number of hydrogen-bond acceptors (Lipinski definition) is 2. The van der Waals surface area contributed by atoms with Gasteiger partial charge in [0.25, 0.3) is 0 Å². The largest absolute Gasteiger partial charge is 0.400 e. The molecule has 13 heavy (non-hydrogen) atoms. The molecule has 0 aliphatic rings. The van der Waals surface area contributed by atoms with Crippen LogP contribution in [0.2, 0.25) is 0 Å². The van der Waals surface area contributed by atoms with Crippen LogP contribution < -0.4 is 4.84 Å². The van der Waals surface area contributed by atoms with Crippen molar-refractivity contribution in [2.24, 2.45) is 0 Å². The molecule has 66 valence electrons. The lowest BCUT2D eigenvalue weighted by atomic mass is 10.2. The highest BCUT2D eigenvalue weighted by molar-refractivity contribution is 5.57. The van der Waals surface area contributed by atoms with Gasteiger partial charge < -0.3 is 4.84 Å². The Morgan fingerprint density at radius 3 is 2.54 bits per heavy atom. The van der Waals surface area contributed by atoms with Gasteiger partial charge >= 0.3 is 0 Å². The summed E-state index contributed by atoms with van der Waals surface area (Å²) in [4.78, 5) is 6.35. The van der Waals surface area contributed by atoms with Crippen molar-refractivity contribution in [1.82, 2.24) is 9.94 Å². The number of hydrogen-bond donors (Lipinski definition) is 0. The topological polar surface area (TPSA) is 27.1 Å². The maximum Gasteiger partial charge on any atom is 0.106 e. The van der Waals surface area contributed by atoms with Gasteiger partial charge in [0.05, 0.1) is 11.9 Å². The molecule has 0 aliphatic heterocycles. The fourth-order valence-electron chi connectivity index (χ4n) is 1.17. The second-order valence-corrected chi connectivity index (χ2v) is 2.65. The predicted molar refractivity (Wildman–Crippen MR) is 50.2 cm³/mol. The molecule has 0 fully saturated rings. The van der Waals surface area contributed by atoms with E-state index in [4.69, 9.17) is 4.84 Å². The van der Waals surface area contributed by atoms with E-state index >= 15 is 0 Å². The van der Waals surface area contributed by atoms with Crippen molar-refractivity contribution in [3.8, 4) is 11.3 Å². The lowest BCUT2D eigenvalue weighted by Gasteiger charge is -1.96. The maximum atomic E-state index is 4.92. The van der Waals surface area contributed by atoms with Gasteiger partial charge in [-0.25, -0.2) is 0 Å². The first-order valence-corrected chi connectivity index (χ1v) is 4.06.